The van der Waals surface area contributed by atoms with Gasteiger partial charge in [0.05, 0.1) is 10.6 Å². The van der Waals surface area contributed by atoms with Crippen molar-refractivity contribution in [1.82, 2.24) is 0 Å². The molecule has 0 nitrogen and oxygen atoms in total. The van der Waals surface area contributed by atoms with Crippen molar-refractivity contribution in [2.45, 2.75) is 20.0 Å². The highest BCUT2D eigenvalue weighted by Crippen LogP contribution is 2.31. The van der Waals surface area contributed by atoms with E-state index in [2.05, 4.69) is 6.58 Å². The largest absolute Gasteiger partial charge is 0.417 e. The van der Waals surface area contributed by atoms with Gasteiger partial charge in [-0.2, -0.15) is 13.2 Å². The molecule has 0 saturated carbocycles. The molecule has 0 aliphatic rings. The van der Waals surface area contributed by atoms with E-state index in [9.17, 15) is 13.2 Å². The molecule has 0 rings (SSSR count). The van der Waals surface area contributed by atoms with E-state index < -0.39 is 11.7 Å². The van der Waals surface area contributed by atoms with E-state index in [-0.39, 0.29) is 5.03 Å². The Balaban J connectivity index is 4.63. The van der Waals surface area contributed by atoms with Crippen molar-refractivity contribution >= 4 is 11.6 Å². The normalized spacial score (nSPS) is 12.6. The van der Waals surface area contributed by atoms with Crippen molar-refractivity contribution in [2.24, 2.45) is 0 Å². The fourth-order valence-corrected chi connectivity index (χ4v) is 0.646. The zero-order valence-corrected chi connectivity index (χ0v) is 8.13. The van der Waals surface area contributed by atoms with Gasteiger partial charge in [-0.15, -0.1) is 0 Å². The second-order valence-corrected chi connectivity index (χ2v) is 3.14. The second-order valence-electron chi connectivity index (χ2n) is 2.73. The molecule has 0 aromatic carbocycles. The molecule has 0 unspecified atom stereocenters. The van der Waals surface area contributed by atoms with Gasteiger partial charge in [-0.1, -0.05) is 29.8 Å². The molecule has 4 heteroatoms. The lowest BCUT2D eigenvalue weighted by Crippen LogP contribution is -2.10. The Morgan fingerprint density at radius 1 is 1.23 bits per heavy atom. The zero-order chi connectivity index (χ0) is 10.6. The molecular formula is C9H10ClF3. The van der Waals surface area contributed by atoms with Crippen LogP contribution in [0.4, 0.5) is 13.2 Å². The first-order valence-electron chi connectivity index (χ1n) is 3.52. The molecule has 0 aliphatic carbocycles. The summed E-state index contributed by atoms with van der Waals surface area (Å²) in [5.74, 6) is 0. The maximum absolute atomic E-state index is 12.0. The lowest BCUT2D eigenvalue weighted by molar-refractivity contribution is -0.0882. The van der Waals surface area contributed by atoms with Crippen molar-refractivity contribution in [1.29, 1.82) is 0 Å². The topological polar surface area (TPSA) is 0 Å². The number of halogens is 4. The van der Waals surface area contributed by atoms with Crippen molar-refractivity contribution in [3.8, 4) is 0 Å². The average Bonchev–Trinajstić information content (AvgIpc) is 1.96. The minimum absolute atomic E-state index is 0.381. The summed E-state index contributed by atoms with van der Waals surface area (Å²) in [5, 5.41) is -0.381. The summed E-state index contributed by atoms with van der Waals surface area (Å²) in [5.41, 5.74) is -0.153. The highest BCUT2D eigenvalue weighted by atomic mass is 35.5. The zero-order valence-electron chi connectivity index (χ0n) is 7.37. The summed E-state index contributed by atoms with van der Waals surface area (Å²) in [6.45, 7) is 6.37. The SMILES string of the molecule is C=C(/C(Cl)=C\C=C(C)C)C(F)(F)F. The molecule has 0 N–H and O–H groups in total. The first kappa shape index (κ1) is 12.3. The van der Waals surface area contributed by atoms with E-state index in [1.54, 1.807) is 13.8 Å². The maximum atomic E-state index is 12.0. The minimum Gasteiger partial charge on any atom is -0.166 e. The van der Waals surface area contributed by atoms with Gasteiger partial charge >= 0.3 is 6.18 Å². The molecule has 0 saturated heterocycles. The molecule has 0 bridgehead atoms. The van der Waals surface area contributed by atoms with Gasteiger partial charge in [0.15, 0.2) is 0 Å². The lowest BCUT2D eigenvalue weighted by atomic mass is 10.2. The fraction of sp³-hybridized carbons (Fsp3) is 0.333. The molecule has 0 aromatic heterocycles. The molecule has 13 heavy (non-hydrogen) atoms. The monoisotopic (exact) mass is 210 g/mol. The van der Waals surface area contributed by atoms with E-state index in [0.29, 0.717) is 0 Å². The molecule has 0 fully saturated rings. The summed E-state index contributed by atoms with van der Waals surface area (Å²) in [4.78, 5) is 0. The molecule has 0 atom stereocenters. The summed E-state index contributed by atoms with van der Waals surface area (Å²) in [7, 11) is 0. The number of rotatable bonds is 2. The van der Waals surface area contributed by atoms with Crippen molar-refractivity contribution in [3.05, 3.63) is 34.9 Å². The number of hydrogen-bond acceptors (Lipinski definition) is 0. The van der Waals surface area contributed by atoms with Gasteiger partial charge in [-0.3, -0.25) is 0 Å². The van der Waals surface area contributed by atoms with Crippen LogP contribution in [0.5, 0.6) is 0 Å². The Morgan fingerprint density at radius 3 is 2.00 bits per heavy atom. The molecule has 74 valence electrons. The van der Waals surface area contributed by atoms with Gasteiger partial charge in [-0.25, -0.2) is 0 Å². The lowest BCUT2D eigenvalue weighted by Gasteiger charge is -2.07. The van der Waals surface area contributed by atoms with Crippen LogP contribution >= 0.6 is 11.6 Å². The van der Waals surface area contributed by atoms with E-state index in [0.717, 1.165) is 5.57 Å². The smallest absolute Gasteiger partial charge is 0.166 e. The molecule has 0 radical (unpaired) electrons. The van der Waals surface area contributed by atoms with Crippen molar-refractivity contribution < 1.29 is 13.2 Å². The summed E-state index contributed by atoms with van der Waals surface area (Å²) < 4.78 is 35.9. The quantitative estimate of drug-likeness (QED) is 0.600. The number of allylic oxidation sites excluding steroid dienone is 5. The third-order valence-electron chi connectivity index (χ3n) is 1.19. The van der Waals surface area contributed by atoms with Crippen LogP contribution in [-0.4, -0.2) is 6.18 Å². The third-order valence-corrected chi connectivity index (χ3v) is 1.55. The highest BCUT2D eigenvalue weighted by Gasteiger charge is 2.33. The third kappa shape index (κ3) is 4.78. The number of alkyl halides is 3. The van der Waals surface area contributed by atoms with Crippen LogP contribution in [0.15, 0.2) is 34.9 Å². The van der Waals surface area contributed by atoms with Gasteiger partial charge in [-0.05, 0) is 19.9 Å². The Kier molecular flexibility index (Phi) is 4.27. The Morgan fingerprint density at radius 2 is 1.69 bits per heavy atom. The predicted octanol–water partition coefficient (Wildman–Crippen LogP) is 4.19. The predicted molar refractivity (Wildman–Crippen MR) is 48.6 cm³/mol. The van der Waals surface area contributed by atoms with Crippen LogP contribution in [0.25, 0.3) is 0 Å². The highest BCUT2D eigenvalue weighted by molar-refractivity contribution is 6.32. The second kappa shape index (κ2) is 4.51. The van der Waals surface area contributed by atoms with Gasteiger partial charge in [0.1, 0.15) is 0 Å². The first-order valence-corrected chi connectivity index (χ1v) is 3.90. The van der Waals surface area contributed by atoms with Crippen LogP contribution < -0.4 is 0 Å². The molecule has 0 heterocycles. The summed E-state index contributed by atoms with van der Waals surface area (Å²) >= 11 is 5.36. The Bertz CT molecular complexity index is 255. The molecule has 0 spiro atoms. The Hall–Kier alpha value is -0.700. The average molecular weight is 211 g/mol. The van der Waals surface area contributed by atoms with Gasteiger partial charge in [0.2, 0.25) is 0 Å². The van der Waals surface area contributed by atoms with E-state index >= 15 is 0 Å². The molecule has 0 aliphatic heterocycles. The summed E-state index contributed by atoms with van der Waals surface area (Å²) in [6.07, 6.45) is -1.77. The molecule has 0 aromatic rings. The van der Waals surface area contributed by atoms with Crippen LogP contribution in [-0.2, 0) is 0 Å². The molecular weight excluding hydrogens is 201 g/mol. The Labute approximate surface area is 80.4 Å². The maximum Gasteiger partial charge on any atom is 0.417 e. The minimum atomic E-state index is -4.46. The van der Waals surface area contributed by atoms with Crippen LogP contribution in [0.1, 0.15) is 13.8 Å². The fourth-order valence-electron chi connectivity index (χ4n) is 0.476. The number of hydrogen-bond donors (Lipinski definition) is 0. The summed E-state index contributed by atoms with van der Waals surface area (Å²) in [6, 6.07) is 0. The van der Waals surface area contributed by atoms with Crippen molar-refractivity contribution in [2.75, 3.05) is 0 Å². The standard InChI is InChI=1S/C9H10ClF3/c1-6(2)4-5-8(10)7(3)9(11,12)13/h4-5H,3H2,1-2H3/b8-5+. The van der Waals surface area contributed by atoms with Gasteiger partial charge in [0, 0.05) is 0 Å². The van der Waals surface area contributed by atoms with E-state index in [4.69, 9.17) is 11.6 Å². The van der Waals surface area contributed by atoms with Crippen LogP contribution in [0.2, 0.25) is 0 Å². The van der Waals surface area contributed by atoms with Crippen LogP contribution in [0.3, 0.4) is 0 Å². The van der Waals surface area contributed by atoms with Crippen LogP contribution in [0, 0.1) is 0 Å². The first-order chi connectivity index (χ1) is 5.75. The van der Waals surface area contributed by atoms with Gasteiger partial charge in [0.25, 0.3) is 0 Å². The van der Waals surface area contributed by atoms with E-state index in [1.165, 1.54) is 12.2 Å². The van der Waals surface area contributed by atoms with Crippen molar-refractivity contribution in [3.63, 3.8) is 0 Å². The van der Waals surface area contributed by atoms with Gasteiger partial charge < -0.3 is 0 Å². The van der Waals surface area contributed by atoms with E-state index in [1.807, 2.05) is 0 Å². The molecule has 0 amide bonds.